The fourth-order valence-electron chi connectivity index (χ4n) is 2.31. The van der Waals surface area contributed by atoms with Crippen molar-refractivity contribution in [1.82, 2.24) is 15.1 Å². The Bertz CT molecular complexity index is 820. The van der Waals surface area contributed by atoms with Gasteiger partial charge in [0.2, 0.25) is 5.91 Å². The predicted octanol–water partition coefficient (Wildman–Crippen LogP) is 3.18. The monoisotopic (exact) mass is 357 g/mol. The Hall–Kier alpha value is -2.64. The van der Waals surface area contributed by atoms with Crippen molar-refractivity contribution < 1.29 is 13.9 Å². The number of furan rings is 1. The predicted molar refractivity (Wildman–Crippen MR) is 97.0 cm³/mol. The fourth-order valence-corrected chi connectivity index (χ4v) is 2.93. The first-order valence-electron chi connectivity index (χ1n) is 7.85. The van der Waals surface area contributed by atoms with Gasteiger partial charge in [-0.2, -0.15) is 5.10 Å². The van der Waals surface area contributed by atoms with Crippen LogP contribution in [0.4, 0.5) is 0 Å². The van der Waals surface area contributed by atoms with Crippen LogP contribution in [-0.4, -0.2) is 29.4 Å². The molecule has 6 nitrogen and oxygen atoms in total. The van der Waals surface area contributed by atoms with E-state index in [4.69, 9.17) is 9.15 Å². The number of hydrogen-bond donors (Lipinski definition) is 1. The topological polar surface area (TPSA) is 69.3 Å². The second kappa shape index (κ2) is 8.46. The number of amides is 1. The molecule has 3 heterocycles. The Morgan fingerprint density at radius 2 is 2.36 bits per heavy atom. The zero-order valence-corrected chi connectivity index (χ0v) is 14.7. The van der Waals surface area contributed by atoms with E-state index in [2.05, 4.69) is 10.4 Å². The summed E-state index contributed by atoms with van der Waals surface area (Å²) >= 11 is 1.59. The van der Waals surface area contributed by atoms with Crippen LogP contribution >= 0.6 is 11.3 Å². The summed E-state index contributed by atoms with van der Waals surface area (Å²) in [5.74, 6) is 0.582. The van der Waals surface area contributed by atoms with Crippen molar-refractivity contribution in [2.24, 2.45) is 0 Å². The molecule has 0 radical (unpaired) electrons. The Morgan fingerprint density at radius 3 is 3.08 bits per heavy atom. The first-order valence-corrected chi connectivity index (χ1v) is 8.73. The average Bonchev–Trinajstić information content (AvgIpc) is 3.37. The minimum Gasteiger partial charge on any atom is -0.463 e. The number of nitrogens with one attached hydrogen (secondary N) is 1. The SMILES string of the molecule is COCCn1nc(CNC(=O)/C=C/c2cccs2)cc1-c1ccco1. The summed E-state index contributed by atoms with van der Waals surface area (Å²) in [6.45, 7) is 1.50. The Kier molecular flexibility index (Phi) is 5.81. The van der Waals surface area contributed by atoms with Crippen LogP contribution in [0.3, 0.4) is 0 Å². The largest absolute Gasteiger partial charge is 0.463 e. The summed E-state index contributed by atoms with van der Waals surface area (Å²) in [7, 11) is 1.65. The van der Waals surface area contributed by atoms with Gasteiger partial charge in [-0.3, -0.25) is 9.48 Å². The van der Waals surface area contributed by atoms with Crippen molar-refractivity contribution >= 4 is 23.3 Å². The lowest BCUT2D eigenvalue weighted by Gasteiger charge is -2.04. The first-order chi connectivity index (χ1) is 12.3. The lowest BCUT2D eigenvalue weighted by atomic mass is 10.3. The normalized spacial score (nSPS) is 11.2. The van der Waals surface area contributed by atoms with Gasteiger partial charge in [-0.05, 0) is 35.7 Å². The molecule has 0 unspecified atom stereocenters. The lowest BCUT2D eigenvalue weighted by Crippen LogP contribution is -2.20. The quantitative estimate of drug-likeness (QED) is 0.629. The van der Waals surface area contributed by atoms with Crippen LogP contribution in [0.2, 0.25) is 0 Å². The third-order valence-electron chi connectivity index (χ3n) is 3.50. The molecule has 0 saturated heterocycles. The fraction of sp³-hybridized carbons (Fsp3) is 0.222. The van der Waals surface area contributed by atoms with E-state index in [1.54, 1.807) is 30.8 Å². The van der Waals surface area contributed by atoms with E-state index in [1.807, 2.05) is 40.4 Å². The van der Waals surface area contributed by atoms with Crippen molar-refractivity contribution in [2.45, 2.75) is 13.1 Å². The van der Waals surface area contributed by atoms with Crippen molar-refractivity contribution in [2.75, 3.05) is 13.7 Å². The molecular weight excluding hydrogens is 338 g/mol. The van der Waals surface area contributed by atoms with E-state index < -0.39 is 0 Å². The maximum absolute atomic E-state index is 11.9. The molecule has 0 aliphatic heterocycles. The molecular formula is C18H19N3O3S. The molecule has 130 valence electrons. The highest BCUT2D eigenvalue weighted by Crippen LogP contribution is 2.21. The Balaban J connectivity index is 1.65. The molecule has 0 atom stereocenters. The van der Waals surface area contributed by atoms with Gasteiger partial charge in [0, 0.05) is 18.1 Å². The van der Waals surface area contributed by atoms with Crippen LogP contribution in [0.1, 0.15) is 10.6 Å². The maximum Gasteiger partial charge on any atom is 0.244 e. The van der Waals surface area contributed by atoms with Gasteiger partial charge in [-0.25, -0.2) is 0 Å². The number of carbonyl (C=O) groups is 1. The van der Waals surface area contributed by atoms with Gasteiger partial charge >= 0.3 is 0 Å². The molecule has 0 aliphatic carbocycles. The van der Waals surface area contributed by atoms with Gasteiger partial charge < -0.3 is 14.5 Å². The zero-order valence-electron chi connectivity index (χ0n) is 13.8. The van der Waals surface area contributed by atoms with Crippen molar-refractivity contribution in [3.05, 3.63) is 58.6 Å². The molecule has 0 fully saturated rings. The van der Waals surface area contributed by atoms with Crippen LogP contribution in [-0.2, 0) is 22.6 Å². The van der Waals surface area contributed by atoms with Crippen molar-refractivity contribution in [1.29, 1.82) is 0 Å². The molecule has 3 aromatic rings. The second-order valence-electron chi connectivity index (χ2n) is 5.28. The zero-order chi connectivity index (χ0) is 17.5. The molecule has 0 bridgehead atoms. The summed E-state index contributed by atoms with van der Waals surface area (Å²) in [4.78, 5) is 13.0. The molecule has 25 heavy (non-hydrogen) atoms. The van der Waals surface area contributed by atoms with Crippen LogP contribution in [0.5, 0.6) is 0 Å². The Labute approximate surface area is 149 Å². The molecule has 0 aliphatic rings. The van der Waals surface area contributed by atoms with Crippen LogP contribution in [0.15, 0.2) is 52.5 Å². The summed E-state index contributed by atoms with van der Waals surface area (Å²) in [5.41, 5.74) is 1.63. The standard InChI is InChI=1S/C18H19N3O3S/c1-23-10-8-21-16(17-5-2-9-24-17)12-14(20-21)13-19-18(22)7-6-15-4-3-11-25-15/h2-7,9,11-12H,8,10,13H2,1H3,(H,19,22)/b7-6+. The summed E-state index contributed by atoms with van der Waals surface area (Å²) in [6.07, 6.45) is 4.95. The number of hydrogen-bond acceptors (Lipinski definition) is 5. The van der Waals surface area contributed by atoms with Gasteiger partial charge in [-0.1, -0.05) is 6.07 Å². The maximum atomic E-state index is 11.9. The molecule has 1 N–H and O–H groups in total. The minimum atomic E-state index is -0.153. The number of ether oxygens (including phenoxy) is 1. The van der Waals surface area contributed by atoms with Gasteiger partial charge in [0.1, 0.15) is 5.69 Å². The molecule has 3 rings (SSSR count). The number of carbonyl (C=O) groups excluding carboxylic acids is 1. The van der Waals surface area contributed by atoms with Crippen LogP contribution in [0, 0.1) is 0 Å². The molecule has 1 amide bonds. The lowest BCUT2D eigenvalue weighted by molar-refractivity contribution is -0.116. The summed E-state index contributed by atoms with van der Waals surface area (Å²) < 4.78 is 12.4. The van der Waals surface area contributed by atoms with Crippen LogP contribution < -0.4 is 5.32 Å². The number of methoxy groups -OCH3 is 1. The molecule has 0 spiro atoms. The number of rotatable bonds is 8. The second-order valence-corrected chi connectivity index (χ2v) is 6.26. The summed E-state index contributed by atoms with van der Waals surface area (Å²) in [6, 6.07) is 9.54. The van der Waals surface area contributed by atoms with E-state index in [0.717, 1.165) is 22.0 Å². The van der Waals surface area contributed by atoms with Gasteiger partial charge in [0.25, 0.3) is 0 Å². The Morgan fingerprint density at radius 1 is 1.44 bits per heavy atom. The first kappa shape index (κ1) is 17.2. The highest BCUT2D eigenvalue weighted by molar-refractivity contribution is 7.10. The van der Waals surface area contributed by atoms with E-state index in [1.165, 1.54) is 6.08 Å². The third-order valence-corrected chi connectivity index (χ3v) is 4.33. The van der Waals surface area contributed by atoms with E-state index in [9.17, 15) is 4.79 Å². The smallest absolute Gasteiger partial charge is 0.244 e. The number of aromatic nitrogens is 2. The highest BCUT2D eigenvalue weighted by atomic mass is 32.1. The third kappa shape index (κ3) is 4.68. The molecule has 0 aromatic carbocycles. The van der Waals surface area contributed by atoms with Crippen molar-refractivity contribution in [3.8, 4) is 11.5 Å². The van der Waals surface area contributed by atoms with Crippen LogP contribution in [0.25, 0.3) is 17.5 Å². The average molecular weight is 357 g/mol. The highest BCUT2D eigenvalue weighted by Gasteiger charge is 2.12. The molecule has 7 heteroatoms. The van der Waals surface area contributed by atoms with Gasteiger partial charge in [0.15, 0.2) is 5.76 Å². The molecule has 0 saturated carbocycles. The number of thiophene rings is 1. The van der Waals surface area contributed by atoms with E-state index >= 15 is 0 Å². The van der Waals surface area contributed by atoms with E-state index in [-0.39, 0.29) is 5.91 Å². The van der Waals surface area contributed by atoms with Crippen molar-refractivity contribution in [3.63, 3.8) is 0 Å². The molecule has 3 aromatic heterocycles. The van der Waals surface area contributed by atoms with E-state index in [0.29, 0.717) is 19.7 Å². The minimum absolute atomic E-state index is 0.153. The number of nitrogens with zero attached hydrogens (tertiary/aromatic N) is 2. The summed E-state index contributed by atoms with van der Waals surface area (Å²) in [5, 5.41) is 9.34. The van der Waals surface area contributed by atoms with Gasteiger partial charge in [-0.15, -0.1) is 11.3 Å². The van der Waals surface area contributed by atoms with Gasteiger partial charge in [0.05, 0.1) is 31.7 Å².